The second-order valence-corrected chi connectivity index (χ2v) is 8.88. The number of nitrogens with one attached hydrogen (secondary N) is 1. The first kappa shape index (κ1) is 23.1. The first-order chi connectivity index (χ1) is 15.0. The Kier molecular flexibility index (Phi) is 6.67. The van der Waals surface area contributed by atoms with Crippen LogP contribution in [0.4, 0.5) is 10.5 Å². The van der Waals surface area contributed by atoms with Crippen molar-refractivity contribution in [1.29, 1.82) is 0 Å². The van der Waals surface area contributed by atoms with E-state index < -0.39 is 11.7 Å². The number of aromatic nitrogens is 2. The van der Waals surface area contributed by atoms with E-state index in [-0.39, 0.29) is 5.91 Å². The number of hydrogen-bond acceptors (Lipinski definition) is 4. The molecule has 3 aromatic rings. The number of hydrogen-bond donors (Lipinski definition) is 1. The van der Waals surface area contributed by atoms with Gasteiger partial charge in [0.15, 0.2) is 0 Å². The Hall–Kier alpha value is -3.61. The number of carbonyl (C=O) groups is 2. The fourth-order valence-electron chi connectivity index (χ4n) is 3.27. The van der Waals surface area contributed by atoms with E-state index in [0.29, 0.717) is 17.8 Å². The normalized spacial score (nSPS) is 11.2. The number of nitrogens with zero attached hydrogens (tertiary/aromatic N) is 3. The van der Waals surface area contributed by atoms with Crippen molar-refractivity contribution in [1.82, 2.24) is 14.7 Å². The molecule has 168 valence electrons. The van der Waals surface area contributed by atoms with E-state index in [9.17, 15) is 9.59 Å². The standard InChI is InChI=1S/C25H30N4O3/c1-17-14-18(2)29(27-17)22-12-10-20(11-13-22)23(30)26-21-9-7-8-19(15-21)16-28(6)24(31)32-25(3,4)5/h7-15H,16H2,1-6H3,(H,26,30). The predicted octanol–water partition coefficient (Wildman–Crippen LogP) is 5.11. The molecule has 0 unspecified atom stereocenters. The largest absolute Gasteiger partial charge is 0.444 e. The minimum atomic E-state index is -0.550. The minimum Gasteiger partial charge on any atom is -0.444 e. The molecule has 1 heterocycles. The maximum atomic E-state index is 12.7. The van der Waals surface area contributed by atoms with Gasteiger partial charge in [0, 0.05) is 30.5 Å². The average Bonchev–Trinajstić information content (AvgIpc) is 3.05. The molecule has 7 heteroatoms. The van der Waals surface area contributed by atoms with Gasteiger partial charge in [-0.1, -0.05) is 12.1 Å². The molecule has 0 aliphatic heterocycles. The molecule has 0 spiro atoms. The molecular formula is C25H30N4O3. The van der Waals surface area contributed by atoms with Gasteiger partial charge >= 0.3 is 6.09 Å². The van der Waals surface area contributed by atoms with Crippen molar-refractivity contribution in [3.05, 3.63) is 77.1 Å². The van der Waals surface area contributed by atoms with Gasteiger partial charge in [0.05, 0.1) is 11.4 Å². The molecule has 1 aromatic heterocycles. The van der Waals surface area contributed by atoms with Crippen LogP contribution < -0.4 is 5.32 Å². The SMILES string of the molecule is Cc1cc(C)n(-c2ccc(C(=O)Nc3cccc(CN(C)C(=O)OC(C)(C)C)c3)cc2)n1. The summed E-state index contributed by atoms with van der Waals surface area (Å²) in [4.78, 5) is 26.4. The summed E-state index contributed by atoms with van der Waals surface area (Å²) in [6, 6.07) is 16.7. The van der Waals surface area contributed by atoms with Crippen LogP contribution in [0.15, 0.2) is 54.6 Å². The number of benzene rings is 2. The zero-order chi connectivity index (χ0) is 23.5. The van der Waals surface area contributed by atoms with Crippen LogP contribution in [0.1, 0.15) is 48.1 Å². The van der Waals surface area contributed by atoms with Gasteiger partial charge in [-0.15, -0.1) is 0 Å². The zero-order valence-corrected chi connectivity index (χ0v) is 19.5. The zero-order valence-electron chi connectivity index (χ0n) is 19.5. The molecule has 0 bridgehead atoms. The Balaban J connectivity index is 1.65. The minimum absolute atomic E-state index is 0.206. The molecule has 0 aliphatic carbocycles. The molecule has 7 nitrogen and oxygen atoms in total. The third kappa shape index (κ3) is 5.97. The van der Waals surface area contributed by atoms with Gasteiger partial charge in [0.25, 0.3) is 5.91 Å². The van der Waals surface area contributed by atoms with Gasteiger partial charge in [0.2, 0.25) is 0 Å². The highest BCUT2D eigenvalue weighted by Gasteiger charge is 2.19. The third-order valence-electron chi connectivity index (χ3n) is 4.69. The van der Waals surface area contributed by atoms with E-state index in [4.69, 9.17) is 4.74 Å². The van der Waals surface area contributed by atoms with Gasteiger partial charge in [0.1, 0.15) is 5.60 Å². The summed E-state index contributed by atoms with van der Waals surface area (Å²) < 4.78 is 7.23. The molecule has 3 rings (SSSR count). The van der Waals surface area contributed by atoms with Crippen molar-refractivity contribution in [3.8, 4) is 5.69 Å². The third-order valence-corrected chi connectivity index (χ3v) is 4.69. The van der Waals surface area contributed by atoms with Crippen molar-refractivity contribution in [2.45, 2.75) is 46.8 Å². The molecular weight excluding hydrogens is 404 g/mol. The molecule has 2 amide bonds. The highest BCUT2D eigenvalue weighted by atomic mass is 16.6. The van der Waals surface area contributed by atoms with Crippen molar-refractivity contribution >= 4 is 17.7 Å². The van der Waals surface area contributed by atoms with Crippen molar-refractivity contribution < 1.29 is 14.3 Å². The first-order valence-corrected chi connectivity index (χ1v) is 10.5. The Morgan fingerprint density at radius 3 is 2.34 bits per heavy atom. The maximum absolute atomic E-state index is 12.7. The lowest BCUT2D eigenvalue weighted by atomic mass is 10.1. The van der Waals surface area contributed by atoms with Crippen LogP contribution in [-0.2, 0) is 11.3 Å². The highest BCUT2D eigenvalue weighted by molar-refractivity contribution is 6.04. The van der Waals surface area contributed by atoms with Crippen LogP contribution in [0.3, 0.4) is 0 Å². The van der Waals surface area contributed by atoms with Crippen LogP contribution >= 0.6 is 0 Å². The Morgan fingerprint density at radius 1 is 1.06 bits per heavy atom. The van der Waals surface area contributed by atoms with E-state index in [2.05, 4.69) is 10.4 Å². The molecule has 1 N–H and O–H groups in total. The predicted molar refractivity (Wildman–Crippen MR) is 125 cm³/mol. The Labute approximate surface area is 189 Å². The lowest BCUT2D eigenvalue weighted by Gasteiger charge is -2.24. The molecule has 32 heavy (non-hydrogen) atoms. The molecule has 0 atom stereocenters. The molecule has 0 saturated heterocycles. The maximum Gasteiger partial charge on any atom is 0.410 e. The van der Waals surface area contributed by atoms with Gasteiger partial charge < -0.3 is 15.0 Å². The van der Waals surface area contributed by atoms with Crippen LogP contribution in [-0.4, -0.2) is 39.3 Å². The van der Waals surface area contributed by atoms with Gasteiger partial charge in [-0.25, -0.2) is 9.48 Å². The monoisotopic (exact) mass is 434 g/mol. The van der Waals surface area contributed by atoms with Gasteiger partial charge in [-0.3, -0.25) is 4.79 Å². The lowest BCUT2D eigenvalue weighted by Crippen LogP contribution is -2.33. The van der Waals surface area contributed by atoms with E-state index in [1.54, 1.807) is 19.2 Å². The molecule has 0 saturated carbocycles. The summed E-state index contributed by atoms with van der Waals surface area (Å²) in [6.07, 6.45) is -0.394. The fraction of sp³-hybridized carbons (Fsp3) is 0.320. The number of ether oxygens (including phenoxy) is 1. The lowest BCUT2D eigenvalue weighted by molar-refractivity contribution is 0.0285. The van der Waals surface area contributed by atoms with E-state index in [1.165, 1.54) is 4.90 Å². The van der Waals surface area contributed by atoms with Crippen LogP contribution in [0.5, 0.6) is 0 Å². The second kappa shape index (κ2) is 9.26. The second-order valence-electron chi connectivity index (χ2n) is 8.88. The fourth-order valence-corrected chi connectivity index (χ4v) is 3.27. The molecule has 2 aromatic carbocycles. The molecule has 0 radical (unpaired) electrons. The summed E-state index contributed by atoms with van der Waals surface area (Å²) in [6.45, 7) is 9.81. The van der Waals surface area contributed by atoms with Gasteiger partial charge in [-0.2, -0.15) is 5.10 Å². The molecule has 0 fully saturated rings. The van der Waals surface area contributed by atoms with Gasteiger partial charge in [-0.05, 0) is 82.6 Å². The number of aryl methyl sites for hydroxylation is 2. The summed E-state index contributed by atoms with van der Waals surface area (Å²) in [5, 5.41) is 7.39. The van der Waals surface area contributed by atoms with Crippen LogP contribution in [0.2, 0.25) is 0 Å². The number of carbonyl (C=O) groups excluding carboxylic acids is 2. The van der Waals surface area contributed by atoms with Crippen molar-refractivity contribution in [2.24, 2.45) is 0 Å². The Morgan fingerprint density at radius 2 is 1.75 bits per heavy atom. The van der Waals surface area contributed by atoms with Crippen LogP contribution in [0, 0.1) is 13.8 Å². The highest BCUT2D eigenvalue weighted by Crippen LogP contribution is 2.17. The smallest absolute Gasteiger partial charge is 0.410 e. The van der Waals surface area contributed by atoms with Crippen molar-refractivity contribution in [3.63, 3.8) is 0 Å². The number of anilines is 1. The van der Waals surface area contributed by atoms with Crippen molar-refractivity contribution in [2.75, 3.05) is 12.4 Å². The summed E-state index contributed by atoms with van der Waals surface area (Å²) in [5.41, 5.74) is 4.43. The van der Waals surface area contributed by atoms with E-state index in [0.717, 1.165) is 22.6 Å². The first-order valence-electron chi connectivity index (χ1n) is 10.5. The summed E-state index contributed by atoms with van der Waals surface area (Å²) >= 11 is 0. The Bertz CT molecular complexity index is 1110. The van der Waals surface area contributed by atoms with E-state index >= 15 is 0 Å². The number of rotatable bonds is 5. The summed E-state index contributed by atoms with van der Waals surface area (Å²) in [5.74, 6) is -0.206. The van der Waals surface area contributed by atoms with E-state index in [1.807, 2.05) is 81.8 Å². The number of amides is 2. The topological polar surface area (TPSA) is 76.5 Å². The summed E-state index contributed by atoms with van der Waals surface area (Å²) in [7, 11) is 1.68. The quantitative estimate of drug-likeness (QED) is 0.605. The molecule has 0 aliphatic rings. The van der Waals surface area contributed by atoms with Crippen LogP contribution in [0.25, 0.3) is 5.69 Å². The average molecular weight is 435 g/mol.